The topological polar surface area (TPSA) is 77.5 Å². The average molecular weight is 456 g/mol. The highest BCUT2D eigenvalue weighted by Crippen LogP contribution is 2.52. The highest BCUT2D eigenvalue weighted by molar-refractivity contribution is 7.10. The Hall–Kier alpha value is -3.23. The number of carbonyl (C=O) groups excluding carboxylic acids is 1. The molecule has 168 valence electrons. The van der Waals surface area contributed by atoms with Crippen LogP contribution in [0.5, 0.6) is 23.0 Å². The summed E-state index contributed by atoms with van der Waals surface area (Å²) < 4.78 is 21.6. The molecule has 0 radical (unpaired) electrons. The number of hydrogen-bond donors (Lipinski definition) is 1. The van der Waals surface area contributed by atoms with Gasteiger partial charge in [0, 0.05) is 17.0 Å². The second-order valence-corrected chi connectivity index (χ2v) is 8.28. The Morgan fingerprint density at radius 3 is 2.09 bits per heavy atom. The summed E-state index contributed by atoms with van der Waals surface area (Å²) in [5, 5.41) is 12.9. The molecule has 1 aromatic heterocycles. The number of nitrogens with zero attached hydrogens (tertiary/aromatic N) is 1. The van der Waals surface area contributed by atoms with Crippen molar-refractivity contribution in [2.45, 2.75) is 12.1 Å². The van der Waals surface area contributed by atoms with E-state index in [0.29, 0.717) is 28.7 Å². The lowest BCUT2D eigenvalue weighted by atomic mass is 9.77. The lowest BCUT2D eigenvalue weighted by Gasteiger charge is -2.49. The van der Waals surface area contributed by atoms with E-state index in [4.69, 9.17) is 18.9 Å². The number of methoxy groups -OCH3 is 4. The van der Waals surface area contributed by atoms with Crippen LogP contribution in [0, 0.1) is 5.92 Å². The van der Waals surface area contributed by atoms with Crippen molar-refractivity contribution in [3.05, 3.63) is 64.4 Å². The molecule has 4 rings (SSSR count). The molecule has 1 amide bonds. The lowest BCUT2D eigenvalue weighted by molar-refractivity contribution is -0.136. The predicted octanol–water partition coefficient (Wildman–Crippen LogP) is 4.22. The molecule has 1 N–H and O–H groups in total. The minimum absolute atomic E-state index is 0.180. The van der Waals surface area contributed by atoms with Gasteiger partial charge in [0.25, 0.3) is 0 Å². The Morgan fingerprint density at radius 2 is 1.59 bits per heavy atom. The van der Waals surface area contributed by atoms with Crippen LogP contribution < -0.4 is 23.8 Å². The smallest absolute Gasteiger partial charge is 0.236 e. The standard InChI is InChI=1S/C24H25NO6S/c1-28-16-9-7-14(8-10-16)21-20(22(26)19-6-5-11-32-19)24(27)25(21)15-12-17(29-2)23(31-4)18(13-15)30-3/h5-13,20-22,26H,1-4H3/t20-,21+,22?/m0/s1. The van der Waals surface area contributed by atoms with Crippen LogP contribution in [0.15, 0.2) is 53.9 Å². The number of hydrogen-bond acceptors (Lipinski definition) is 7. The first-order valence-corrected chi connectivity index (χ1v) is 10.9. The summed E-state index contributed by atoms with van der Waals surface area (Å²) in [5.41, 5.74) is 1.49. The van der Waals surface area contributed by atoms with Crippen molar-refractivity contribution in [1.82, 2.24) is 0 Å². The molecule has 0 aliphatic carbocycles. The molecule has 2 aromatic carbocycles. The molecule has 3 aromatic rings. The summed E-state index contributed by atoms with van der Waals surface area (Å²) in [6.07, 6.45) is -0.909. The molecule has 1 aliphatic rings. The Labute approximate surface area is 190 Å². The lowest BCUT2D eigenvalue weighted by Crippen LogP contribution is -2.57. The molecule has 8 heteroatoms. The molecule has 1 fully saturated rings. The second kappa shape index (κ2) is 9.10. The fourth-order valence-electron chi connectivity index (χ4n) is 4.11. The molecular formula is C24H25NO6S. The van der Waals surface area contributed by atoms with Gasteiger partial charge in [0.2, 0.25) is 11.7 Å². The van der Waals surface area contributed by atoms with E-state index in [1.165, 1.54) is 32.7 Å². The molecule has 0 saturated carbocycles. The summed E-state index contributed by atoms with van der Waals surface area (Å²) in [6, 6.07) is 14.3. The molecule has 0 bridgehead atoms. The van der Waals surface area contributed by atoms with Gasteiger partial charge in [-0.1, -0.05) is 18.2 Å². The third-order valence-electron chi connectivity index (χ3n) is 5.70. The fourth-order valence-corrected chi connectivity index (χ4v) is 4.86. The van der Waals surface area contributed by atoms with Crippen molar-refractivity contribution >= 4 is 22.9 Å². The Kier molecular flexibility index (Phi) is 6.25. The number of aliphatic hydroxyl groups excluding tert-OH is 1. The summed E-state index contributed by atoms with van der Waals surface area (Å²) in [5.74, 6) is 1.26. The maximum atomic E-state index is 13.4. The molecule has 1 unspecified atom stereocenters. The van der Waals surface area contributed by atoms with Crippen LogP contribution in [-0.4, -0.2) is 39.5 Å². The average Bonchev–Trinajstić information content (AvgIpc) is 3.37. The zero-order chi connectivity index (χ0) is 22.8. The number of anilines is 1. The van der Waals surface area contributed by atoms with Crippen molar-refractivity contribution in [1.29, 1.82) is 0 Å². The predicted molar refractivity (Wildman–Crippen MR) is 122 cm³/mol. The van der Waals surface area contributed by atoms with Crippen LogP contribution in [0.1, 0.15) is 22.6 Å². The molecule has 7 nitrogen and oxygen atoms in total. The first-order valence-electron chi connectivity index (χ1n) is 10.0. The number of benzene rings is 2. The molecule has 2 heterocycles. The SMILES string of the molecule is COc1ccc([C@@H]2[C@@H](C(O)c3cccs3)C(=O)N2c2cc(OC)c(OC)c(OC)c2)cc1. The maximum absolute atomic E-state index is 13.4. The molecule has 3 atom stereocenters. The van der Waals surface area contributed by atoms with Crippen molar-refractivity contribution in [2.75, 3.05) is 33.3 Å². The number of amides is 1. The highest BCUT2D eigenvalue weighted by Gasteiger charge is 2.53. The minimum Gasteiger partial charge on any atom is -0.497 e. The van der Waals surface area contributed by atoms with E-state index < -0.39 is 12.0 Å². The number of aliphatic hydroxyl groups is 1. The van der Waals surface area contributed by atoms with Crippen LogP contribution in [0.4, 0.5) is 5.69 Å². The first kappa shape index (κ1) is 22.0. The van der Waals surface area contributed by atoms with E-state index in [2.05, 4.69) is 0 Å². The zero-order valence-corrected chi connectivity index (χ0v) is 19.1. The Morgan fingerprint density at radius 1 is 0.938 bits per heavy atom. The van der Waals surface area contributed by atoms with Gasteiger partial charge in [0.05, 0.1) is 46.1 Å². The van der Waals surface area contributed by atoms with E-state index in [1.54, 1.807) is 24.1 Å². The first-order chi connectivity index (χ1) is 15.5. The largest absolute Gasteiger partial charge is 0.497 e. The van der Waals surface area contributed by atoms with Crippen LogP contribution in [0.2, 0.25) is 0 Å². The number of carbonyl (C=O) groups is 1. The van der Waals surface area contributed by atoms with Gasteiger partial charge in [0.15, 0.2) is 11.5 Å². The molecule has 32 heavy (non-hydrogen) atoms. The van der Waals surface area contributed by atoms with E-state index in [0.717, 1.165) is 10.4 Å². The second-order valence-electron chi connectivity index (χ2n) is 7.30. The van der Waals surface area contributed by atoms with Crippen LogP contribution in [0.3, 0.4) is 0 Å². The van der Waals surface area contributed by atoms with Gasteiger partial charge in [-0.25, -0.2) is 0 Å². The number of β-lactam (4-membered cyclic amide) rings is 1. The van der Waals surface area contributed by atoms with Gasteiger partial charge < -0.3 is 29.0 Å². The summed E-state index contributed by atoms with van der Waals surface area (Å²) in [4.78, 5) is 15.8. The third kappa shape index (κ3) is 3.65. The van der Waals surface area contributed by atoms with Crippen LogP contribution in [0.25, 0.3) is 0 Å². The van der Waals surface area contributed by atoms with Gasteiger partial charge in [-0.15, -0.1) is 11.3 Å². The number of rotatable bonds is 8. The normalized spacial score (nSPS) is 18.7. The van der Waals surface area contributed by atoms with Gasteiger partial charge >= 0.3 is 0 Å². The van der Waals surface area contributed by atoms with E-state index in [9.17, 15) is 9.90 Å². The Balaban J connectivity index is 1.79. The monoisotopic (exact) mass is 455 g/mol. The van der Waals surface area contributed by atoms with E-state index >= 15 is 0 Å². The summed E-state index contributed by atoms with van der Waals surface area (Å²) in [6.45, 7) is 0. The van der Waals surface area contributed by atoms with E-state index in [1.807, 2.05) is 41.8 Å². The summed E-state index contributed by atoms with van der Waals surface area (Å²) >= 11 is 1.43. The van der Waals surface area contributed by atoms with Crippen molar-refractivity contribution in [3.63, 3.8) is 0 Å². The van der Waals surface area contributed by atoms with Crippen LogP contribution in [-0.2, 0) is 4.79 Å². The third-order valence-corrected chi connectivity index (χ3v) is 6.64. The van der Waals surface area contributed by atoms with Crippen molar-refractivity contribution < 1.29 is 28.8 Å². The number of ether oxygens (including phenoxy) is 4. The highest BCUT2D eigenvalue weighted by atomic mass is 32.1. The minimum atomic E-state index is -0.909. The van der Waals surface area contributed by atoms with Gasteiger partial charge in [-0.3, -0.25) is 4.79 Å². The number of thiophene rings is 1. The fraction of sp³-hybridized carbons (Fsp3) is 0.292. The molecule has 0 spiro atoms. The molecule has 1 saturated heterocycles. The van der Waals surface area contributed by atoms with Crippen molar-refractivity contribution in [3.8, 4) is 23.0 Å². The van der Waals surface area contributed by atoms with E-state index in [-0.39, 0.29) is 11.9 Å². The van der Waals surface area contributed by atoms with Gasteiger partial charge in [-0.05, 0) is 29.1 Å². The van der Waals surface area contributed by atoms with Crippen LogP contribution >= 0.6 is 11.3 Å². The summed E-state index contributed by atoms with van der Waals surface area (Å²) in [7, 11) is 6.20. The van der Waals surface area contributed by atoms with Crippen molar-refractivity contribution in [2.24, 2.45) is 5.92 Å². The molecule has 1 aliphatic heterocycles. The maximum Gasteiger partial charge on any atom is 0.236 e. The van der Waals surface area contributed by atoms with Gasteiger partial charge in [0.1, 0.15) is 11.9 Å². The molecular weight excluding hydrogens is 430 g/mol. The van der Waals surface area contributed by atoms with Gasteiger partial charge in [-0.2, -0.15) is 0 Å². The quantitative estimate of drug-likeness (QED) is 0.513. The zero-order valence-electron chi connectivity index (χ0n) is 18.3. The Bertz CT molecular complexity index is 1060.